The zero-order chi connectivity index (χ0) is 29.3. The average Bonchev–Trinajstić information content (AvgIpc) is 3.51. The van der Waals surface area contributed by atoms with E-state index in [-0.39, 0.29) is 17.5 Å². The Morgan fingerprint density at radius 1 is 0.902 bits per heavy atom. The van der Waals surface area contributed by atoms with Gasteiger partial charge in [-0.05, 0) is 141 Å². The van der Waals surface area contributed by atoms with Gasteiger partial charge < -0.3 is 4.74 Å². The molecule has 0 amide bonds. The smallest absolute Gasteiger partial charge is 0.331 e. The van der Waals surface area contributed by atoms with E-state index in [2.05, 4.69) is 54.5 Å². The minimum atomic E-state index is -0.182. The van der Waals surface area contributed by atoms with Gasteiger partial charge >= 0.3 is 5.97 Å². The summed E-state index contributed by atoms with van der Waals surface area (Å²) in [6, 6.07) is 10.1. The monoisotopic (exact) mass is 556 g/mol. The molecule has 0 heterocycles. The number of ether oxygens (including phenoxy) is 1. The van der Waals surface area contributed by atoms with Crippen LogP contribution in [0.1, 0.15) is 125 Å². The Hall–Kier alpha value is -1.83. The fraction of sp³-hybridized carbons (Fsp3) is 0.718. The largest absolute Gasteiger partial charge is 0.459 e. The highest BCUT2D eigenvalue weighted by molar-refractivity contribution is 5.87. The second-order valence-electron chi connectivity index (χ2n) is 16.5. The number of carbonyl (C=O) groups is 1. The van der Waals surface area contributed by atoms with Gasteiger partial charge in [-0.25, -0.2) is 4.79 Å². The summed E-state index contributed by atoms with van der Waals surface area (Å²) in [6.45, 7) is 17.4. The third-order valence-corrected chi connectivity index (χ3v) is 14.4. The number of allylic oxidation sites excluding steroid dienone is 2. The van der Waals surface area contributed by atoms with Gasteiger partial charge in [0.05, 0.1) is 0 Å². The third-order valence-electron chi connectivity index (χ3n) is 14.4. The zero-order valence-electron chi connectivity index (χ0n) is 27.1. The number of fused-ring (bicyclic) bond motifs is 2. The highest BCUT2D eigenvalue weighted by Crippen LogP contribution is 2.89. The molecule has 1 aromatic carbocycles. The summed E-state index contributed by atoms with van der Waals surface area (Å²) in [7, 11) is 0. The van der Waals surface area contributed by atoms with Crippen molar-refractivity contribution in [1.29, 1.82) is 0 Å². The first-order chi connectivity index (χ1) is 19.4. The first kappa shape index (κ1) is 29.3. The molecule has 2 spiro atoms. The number of hydrogen-bond acceptors (Lipinski definition) is 2. The highest BCUT2D eigenvalue weighted by Gasteiger charge is 2.82. The number of esters is 1. The van der Waals surface area contributed by atoms with E-state index in [4.69, 9.17) is 4.74 Å². The normalized spacial score (nSPS) is 42.8. The molecule has 0 aliphatic heterocycles. The molecule has 6 rings (SSSR count). The number of rotatable bonds is 7. The van der Waals surface area contributed by atoms with Gasteiger partial charge in [-0.1, -0.05) is 76.6 Å². The van der Waals surface area contributed by atoms with Crippen LogP contribution in [0.2, 0.25) is 0 Å². The molecule has 5 aliphatic carbocycles. The van der Waals surface area contributed by atoms with Crippen molar-refractivity contribution in [3.05, 3.63) is 53.6 Å². The second-order valence-corrected chi connectivity index (χ2v) is 16.5. The summed E-state index contributed by atoms with van der Waals surface area (Å²) in [4.78, 5) is 12.9. The Bertz CT molecular complexity index is 1210. The molecule has 1 aromatic rings. The molecule has 0 bridgehead atoms. The Morgan fingerprint density at radius 2 is 1.61 bits per heavy atom. The molecule has 5 saturated carbocycles. The van der Waals surface area contributed by atoms with Gasteiger partial charge in [0.15, 0.2) is 0 Å². The van der Waals surface area contributed by atoms with Gasteiger partial charge in [-0.15, -0.1) is 0 Å². The molecule has 2 nitrogen and oxygen atoms in total. The summed E-state index contributed by atoms with van der Waals surface area (Å²) in [5.74, 6) is 3.06. The molecule has 5 aliphatic rings. The van der Waals surface area contributed by atoms with E-state index in [1.165, 1.54) is 69.8 Å². The average molecular weight is 557 g/mol. The Morgan fingerprint density at radius 3 is 2.34 bits per heavy atom. The molecule has 0 radical (unpaired) electrons. The predicted molar refractivity (Wildman–Crippen MR) is 170 cm³/mol. The molecule has 0 aromatic heterocycles. The molecule has 41 heavy (non-hydrogen) atoms. The topological polar surface area (TPSA) is 26.3 Å². The summed E-state index contributed by atoms with van der Waals surface area (Å²) in [5, 5.41) is 0. The summed E-state index contributed by atoms with van der Waals surface area (Å²) in [5.41, 5.74) is 4.53. The van der Waals surface area contributed by atoms with Gasteiger partial charge in [0.25, 0.3) is 0 Å². The predicted octanol–water partition coefficient (Wildman–Crippen LogP) is 10.4. The minimum Gasteiger partial charge on any atom is -0.459 e. The van der Waals surface area contributed by atoms with Crippen LogP contribution in [0.5, 0.6) is 0 Å². The van der Waals surface area contributed by atoms with Gasteiger partial charge in [-0.2, -0.15) is 0 Å². The van der Waals surface area contributed by atoms with Crippen molar-refractivity contribution in [2.75, 3.05) is 0 Å². The lowest BCUT2D eigenvalue weighted by molar-refractivity contribution is -0.179. The number of carbonyl (C=O) groups excluding carboxylic acids is 1. The Balaban J connectivity index is 1.17. The lowest BCUT2D eigenvalue weighted by Crippen LogP contribution is -2.58. The molecule has 5 fully saturated rings. The first-order valence-electron chi connectivity index (χ1n) is 17.0. The van der Waals surface area contributed by atoms with Gasteiger partial charge in [-0.3, -0.25) is 0 Å². The molecular formula is C39H56O2. The first-order valence-corrected chi connectivity index (χ1v) is 17.0. The Labute approximate surface area is 250 Å². The van der Waals surface area contributed by atoms with Crippen molar-refractivity contribution < 1.29 is 9.53 Å². The molecule has 224 valence electrons. The van der Waals surface area contributed by atoms with Gasteiger partial charge in [0.2, 0.25) is 0 Å². The van der Waals surface area contributed by atoms with E-state index in [9.17, 15) is 4.79 Å². The van der Waals surface area contributed by atoms with E-state index in [1.807, 2.05) is 36.4 Å². The summed E-state index contributed by atoms with van der Waals surface area (Å²) >= 11 is 0. The van der Waals surface area contributed by atoms with Crippen LogP contribution in [0.3, 0.4) is 0 Å². The van der Waals surface area contributed by atoms with E-state index in [1.54, 1.807) is 6.08 Å². The van der Waals surface area contributed by atoms with Gasteiger partial charge in [0, 0.05) is 11.5 Å². The Kier molecular flexibility index (Phi) is 7.22. The fourth-order valence-electron chi connectivity index (χ4n) is 12.2. The maximum atomic E-state index is 12.9. The van der Waals surface area contributed by atoms with Crippen LogP contribution in [-0.2, 0) is 9.53 Å². The van der Waals surface area contributed by atoms with Crippen molar-refractivity contribution in [2.24, 2.45) is 50.7 Å². The maximum Gasteiger partial charge on any atom is 0.331 e. The number of benzene rings is 1. The molecule has 0 N–H and O–H groups in total. The number of hydrogen-bond donors (Lipinski definition) is 0. The fourth-order valence-corrected chi connectivity index (χ4v) is 12.2. The van der Waals surface area contributed by atoms with E-state index in [0.717, 1.165) is 29.7 Å². The van der Waals surface area contributed by atoms with Crippen LogP contribution in [-0.4, -0.2) is 12.1 Å². The van der Waals surface area contributed by atoms with Crippen LogP contribution >= 0.6 is 0 Å². The molecular weight excluding hydrogens is 500 g/mol. The summed E-state index contributed by atoms with van der Waals surface area (Å²) < 4.78 is 6.24. The second kappa shape index (κ2) is 10.1. The van der Waals surface area contributed by atoms with Crippen molar-refractivity contribution in [2.45, 2.75) is 125 Å². The minimum absolute atomic E-state index is 0.0159. The maximum absolute atomic E-state index is 12.9. The lowest BCUT2D eigenvalue weighted by atomic mass is 9.41. The van der Waals surface area contributed by atoms with Crippen LogP contribution in [0, 0.1) is 50.7 Å². The third kappa shape index (κ3) is 4.35. The van der Waals surface area contributed by atoms with Crippen molar-refractivity contribution in [1.82, 2.24) is 0 Å². The molecule has 0 unspecified atom stereocenters. The molecule has 2 heteroatoms. The van der Waals surface area contributed by atoms with Crippen molar-refractivity contribution in [3.8, 4) is 0 Å². The van der Waals surface area contributed by atoms with Gasteiger partial charge in [0.1, 0.15) is 6.10 Å². The van der Waals surface area contributed by atoms with E-state index >= 15 is 0 Å². The highest BCUT2D eigenvalue weighted by atomic mass is 16.5. The molecule has 9 atom stereocenters. The van der Waals surface area contributed by atoms with E-state index < -0.39 is 0 Å². The van der Waals surface area contributed by atoms with Crippen LogP contribution in [0.25, 0.3) is 6.08 Å². The van der Waals surface area contributed by atoms with Crippen molar-refractivity contribution in [3.63, 3.8) is 0 Å². The zero-order valence-corrected chi connectivity index (χ0v) is 27.1. The lowest BCUT2D eigenvalue weighted by Gasteiger charge is -2.63. The van der Waals surface area contributed by atoms with Crippen molar-refractivity contribution >= 4 is 12.0 Å². The van der Waals surface area contributed by atoms with E-state index in [0.29, 0.717) is 27.6 Å². The van der Waals surface area contributed by atoms with Crippen LogP contribution in [0.15, 0.2) is 48.1 Å². The SMILES string of the molecule is CC(C)=CCC[C@@H](C)[C@H]1CC[C@@]2(C)[C@@H]3CC[C@H]4C(C)(C)[C@@H](OC(=O)/C=C/c5ccccc5)CC[C@@]45C[C@@]35CC[C@]12C. The summed E-state index contributed by atoms with van der Waals surface area (Å²) in [6.07, 6.45) is 20.7. The molecule has 0 saturated heterocycles. The quantitative estimate of drug-likeness (QED) is 0.190. The van der Waals surface area contributed by atoms with Crippen LogP contribution < -0.4 is 0 Å². The van der Waals surface area contributed by atoms with Crippen LogP contribution in [0.4, 0.5) is 0 Å². The standard InChI is InChI=1S/C39H56O2/c1-27(2)12-11-13-28(3)30-20-22-37(7)32-18-17-31-35(4,5)33(41-34(40)19-16-29-14-9-8-10-15-29)21-23-38(31)26-39(32,38)25-24-36(30,37)6/h8-10,12,14-16,19,28,30-33H,11,13,17-18,20-26H2,1-7H3/b19-16+/t28-,30-,31+,32+,33+,36-,37+,38-,39+/m1/s1.